The first kappa shape index (κ1) is 13.0. The van der Waals surface area contributed by atoms with Gasteiger partial charge in [-0.1, -0.05) is 12.1 Å². The van der Waals surface area contributed by atoms with Crippen LogP contribution in [0.2, 0.25) is 0 Å². The predicted octanol–water partition coefficient (Wildman–Crippen LogP) is 2.31. The number of fused-ring (bicyclic) bond motifs is 1. The minimum absolute atomic E-state index is 0.0440. The van der Waals surface area contributed by atoms with Gasteiger partial charge < -0.3 is 0 Å². The number of hydrogen-bond donors (Lipinski definition) is 1. The normalized spacial score (nSPS) is 17.9. The number of benzene rings is 1. The lowest BCUT2D eigenvalue weighted by molar-refractivity contribution is 0.597. The Morgan fingerprint density at radius 2 is 2.00 bits per heavy atom. The zero-order chi connectivity index (χ0) is 14.3. The lowest BCUT2D eigenvalue weighted by Crippen LogP contribution is -2.12. The highest BCUT2D eigenvalue weighted by atomic mass is 32.2. The Hall–Kier alpha value is -2.05. The molecule has 0 atom stereocenters. The number of halogens is 1. The van der Waals surface area contributed by atoms with Gasteiger partial charge in [0.15, 0.2) is 0 Å². The number of nitrogens with two attached hydrogens (primary N) is 1. The minimum Gasteiger partial charge on any atom is -0.260 e. The van der Waals surface area contributed by atoms with E-state index in [-0.39, 0.29) is 17.1 Å². The van der Waals surface area contributed by atoms with Crippen molar-refractivity contribution >= 4 is 21.3 Å². The first-order chi connectivity index (χ1) is 9.45. The number of hydrogen-bond acceptors (Lipinski definition) is 3. The van der Waals surface area contributed by atoms with E-state index in [1.165, 1.54) is 18.2 Å². The second-order valence-corrected chi connectivity index (χ2v) is 6.12. The van der Waals surface area contributed by atoms with E-state index in [9.17, 15) is 12.8 Å². The van der Waals surface area contributed by atoms with Crippen molar-refractivity contribution in [3.8, 4) is 0 Å². The van der Waals surface area contributed by atoms with Crippen LogP contribution in [0.3, 0.4) is 0 Å². The molecule has 0 spiro atoms. The molecular weight excluding hydrogens is 279 g/mol. The quantitative estimate of drug-likeness (QED) is 0.907. The molecule has 1 aromatic rings. The van der Waals surface area contributed by atoms with Crippen LogP contribution < -0.4 is 5.14 Å². The van der Waals surface area contributed by atoms with Crippen molar-refractivity contribution in [3.05, 3.63) is 59.6 Å². The molecule has 20 heavy (non-hydrogen) atoms. The average Bonchev–Trinajstić information content (AvgIpc) is 2.80. The van der Waals surface area contributed by atoms with Crippen LogP contribution in [0.4, 0.5) is 4.39 Å². The van der Waals surface area contributed by atoms with Gasteiger partial charge in [0.2, 0.25) is 10.0 Å². The van der Waals surface area contributed by atoms with Gasteiger partial charge in [-0.05, 0) is 29.8 Å². The van der Waals surface area contributed by atoms with Crippen molar-refractivity contribution in [2.45, 2.75) is 11.3 Å². The van der Waals surface area contributed by atoms with E-state index in [1.807, 2.05) is 0 Å². The fourth-order valence-corrected chi connectivity index (χ4v) is 2.79. The van der Waals surface area contributed by atoms with Gasteiger partial charge >= 0.3 is 0 Å². The molecule has 1 aliphatic carbocycles. The smallest absolute Gasteiger partial charge is 0.238 e. The molecule has 0 fully saturated rings. The molecule has 4 nitrogen and oxygen atoms in total. The molecule has 0 saturated carbocycles. The first-order valence-corrected chi connectivity index (χ1v) is 7.47. The molecule has 2 N–H and O–H groups in total. The van der Waals surface area contributed by atoms with Gasteiger partial charge in [0, 0.05) is 23.8 Å². The van der Waals surface area contributed by atoms with Gasteiger partial charge in [-0.3, -0.25) is 4.99 Å². The third kappa shape index (κ3) is 2.23. The maximum absolute atomic E-state index is 13.2. The van der Waals surface area contributed by atoms with Crippen LogP contribution in [0.5, 0.6) is 0 Å². The minimum atomic E-state index is -3.75. The molecule has 2 aliphatic rings. The maximum atomic E-state index is 13.2. The molecule has 1 aromatic carbocycles. The SMILES string of the molecule is NS(=O)(=O)c1cccc(C2=CN=C3CC(F)=CC=C23)c1. The van der Waals surface area contributed by atoms with Crippen molar-refractivity contribution in [2.75, 3.05) is 0 Å². The van der Waals surface area contributed by atoms with E-state index < -0.39 is 10.0 Å². The monoisotopic (exact) mass is 290 g/mol. The van der Waals surface area contributed by atoms with Crippen LogP contribution >= 0.6 is 0 Å². The highest BCUT2D eigenvalue weighted by Crippen LogP contribution is 2.34. The molecule has 3 rings (SSSR count). The van der Waals surface area contributed by atoms with Crippen LogP contribution in [0.1, 0.15) is 12.0 Å². The Balaban J connectivity index is 2.04. The summed E-state index contributed by atoms with van der Waals surface area (Å²) >= 11 is 0. The predicted molar refractivity (Wildman–Crippen MR) is 75.1 cm³/mol. The van der Waals surface area contributed by atoms with E-state index in [2.05, 4.69) is 4.99 Å². The van der Waals surface area contributed by atoms with Gasteiger partial charge in [0.05, 0.1) is 10.6 Å². The van der Waals surface area contributed by atoms with Crippen LogP contribution in [0, 0.1) is 0 Å². The Morgan fingerprint density at radius 1 is 1.20 bits per heavy atom. The standard InChI is InChI=1S/C14H11FN2O2S/c15-10-4-5-12-13(8-17-14(12)7-10)9-2-1-3-11(6-9)20(16,18)19/h1-6,8H,7H2,(H2,16,18,19). The summed E-state index contributed by atoms with van der Waals surface area (Å²) < 4.78 is 36.0. The van der Waals surface area contributed by atoms with Gasteiger partial charge in [0.25, 0.3) is 0 Å². The highest BCUT2D eigenvalue weighted by Gasteiger charge is 2.23. The van der Waals surface area contributed by atoms with E-state index in [0.29, 0.717) is 11.3 Å². The van der Waals surface area contributed by atoms with Crippen LogP contribution in [-0.4, -0.2) is 14.1 Å². The topological polar surface area (TPSA) is 72.5 Å². The van der Waals surface area contributed by atoms with E-state index in [4.69, 9.17) is 5.14 Å². The molecule has 0 amide bonds. The van der Waals surface area contributed by atoms with Crippen molar-refractivity contribution in [2.24, 2.45) is 10.1 Å². The van der Waals surface area contributed by atoms with Gasteiger partial charge in [-0.25, -0.2) is 17.9 Å². The summed E-state index contributed by atoms with van der Waals surface area (Å²) in [4.78, 5) is 4.23. The maximum Gasteiger partial charge on any atom is 0.238 e. The number of primary sulfonamides is 1. The van der Waals surface area contributed by atoms with Crippen molar-refractivity contribution < 1.29 is 12.8 Å². The molecule has 0 bridgehead atoms. The van der Waals surface area contributed by atoms with E-state index in [1.54, 1.807) is 24.4 Å². The van der Waals surface area contributed by atoms with Crippen LogP contribution in [0.25, 0.3) is 5.57 Å². The lowest BCUT2D eigenvalue weighted by Gasteiger charge is -2.12. The molecule has 102 valence electrons. The zero-order valence-electron chi connectivity index (χ0n) is 10.4. The zero-order valence-corrected chi connectivity index (χ0v) is 11.2. The van der Waals surface area contributed by atoms with Gasteiger partial charge in [-0.2, -0.15) is 0 Å². The third-order valence-electron chi connectivity index (χ3n) is 3.19. The molecule has 0 saturated heterocycles. The van der Waals surface area contributed by atoms with E-state index in [0.717, 1.165) is 11.1 Å². The van der Waals surface area contributed by atoms with Crippen molar-refractivity contribution in [1.29, 1.82) is 0 Å². The Labute approximate surface area is 115 Å². The van der Waals surface area contributed by atoms with Gasteiger partial charge in [0.1, 0.15) is 5.83 Å². The largest absolute Gasteiger partial charge is 0.260 e. The average molecular weight is 290 g/mol. The number of rotatable bonds is 2. The van der Waals surface area contributed by atoms with Gasteiger partial charge in [-0.15, -0.1) is 0 Å². The Bertz CT molecular complexity index is 817. The Morgan fingerprint density at radius 3 is 2.75 bits per heavy atom. The molecule has 1 heterocycles. The van der Waals surface area contributed by atoms with Crippen LogP contribution in [-0.2, 0) is 10.0 Å². The van der Waals surface area contributed by atoms with E-state index >= 15 is 0 Å². The van der Waals surface area contributed by atoms with Crippen molar-refractivity contribution in [3.63, 3.8) is 0 Å². The number of allylic oxidation sites excluding steroid dienone is 5. The Kier molecular flexibility index (Phi) is 2.92. The molecule has 0 radical (unpaired) electrons. The third-order valence-corrected chi connectivity index (χ3v) is 4.10. The summed E-state index contributed by atoms with van der Waals surface area (Å²) in [5, 5.41) is 5.12. The molecule has 1 aliphatic heterocycles. The highest BCUT2D eigenvalue weighted by molar-refractivity contribution is 7.89. The fourth-order valence-electron chi connectivity index (χ4n) is 2.23. The summed E-state index contributed by atoms with van der Waals surface area (Å²) in [5.74, 6) is -0.236. The summed E-state index contributed by atoms with van der Waals surface area (Å²) in [7, 11) is -3.75. The van der Waals surface area contributed by atoms with Crippen molar-refractivity contribution in [1.82, 2.24) is 0 Å². The van der Waals surface area contributed by atoms with Crippen LogP contribution in [0.15, 0.2) is 63.9 Å². The molecular formula is C14H11FN2O2S. The summed E-state index contributed by atoms with van der Waals surface area (Å²) in [5.41, 5.74) is 2.94. The summed E-state index contributed by atoms with van der Waals surface area (Å²) in [6.07, 6.45) is 4.84. The summed E-state index contributed by atoms with van der Waals surface area (Å²) in [6, 6.07) is 6.32. The summed E-state index contributed by atoms with van der Waals surface area (Å²) in [6.45, 7) is 0. The first-order valence-electron chi connectivity index (χ1n) is 5.92. The molecule has 0 unspecified atom stereocenters. The number of sulfonamides is 1. The second-order valence-electron chi connectivity index (χ2n) is 4.56. The molecule has 6 heteroatoms. The molecule has 0 aromatic heterocycles. The number of nitrogens with zero attached hydrogens (tertiary/aromatic N) is 1. The second kappa shape index (κ2) is 4.50. The number of aliphatic imine (C=N–C) groups is 1. The lowest BCUT2D eigenvalue weighted by atomic mass is 9.93. The fraction of sp³-hybridized carbons (Fsp3) is 0.0714.